The van der Waals surface area contributed by atoms with E-state index in [4.69, 9.17) is 9.47 Å². The average Bonchev–Trinajstić information content (AvgIpc) is 2.61. The lowest BCUT2D eigenvalue weighted by Crippen LogP contribution is -2.32. The molecule has 0 aromatic carbocycles. The minimum Gasteiger partial charge on any atom is -0.462 e. The monoisotopic (exact) mass is 338 g/mol. The minimum atomic E-state index is 0.0808. The summed E-state index contributed by atoms with van der Waals surface area (Å²) in [5, 5.41) is 0. The number of carbonyl (C=O) groups excluding carboxylic acids is 1. The van der Waals surface area contributed by atoms with Gasteiger partial charge in [0, 0.05) is 6.61 Å². The van der Waals surface area contributed by atoms with E-state index in [1.54, 1.807) is 0 Å². The Morgan fingerprint density at radius 1 is 0.833 bits per heavy atom. The zero-order valence-electron chi connectivity index (χ0n) is 15.9. The van der Waals surface area contributed by atoms with Crippen molar-refractivity contribution in [1.29, 1.82) is 0 Å². The average molecular weight is 339 g/mol. The second-order valence-corrected chi connectivity index (χ2v) is 7.92. The zero-order valence-corrected chi connectivity index (χ0v) is 15.9. The van der Waals surface area contributed by atoms with Gasteiger partial charge in [0.2, 0.25) is 0 Å². The van der Waals surface area contributed by atoms with Gasteiger partial charge in [0.25, 0.3) is 0 Å². The van der Waals surface area contributed by atoms with Crippen LogP contribution in [0.1, 0.15) is 97.3 Å². The number of rotatable bonds is 9. The van der Waals surface area contributed by atoms with Crippen LogP contribution in [0.25, 0.3) is 0 Å². The van der Waals surface area contributed by atoms with E-state index in [1.165, 1.54) is 44.9 Å². The first-order chi connectivity index (χ1) is 11.7. The fourth-order valence-corrected chi connectivity index (χ4v) is 4.27. The molecule has 0 atom stereocenters. The molecular weight excluding hydrogens is 300 g/mol. The lowest BCUT2D eigenvalue weighted by molar-refractivity contribution is -0.158. The number of hydrogen-bond donors (Lipinski definition) is 0. The van der Waals surface area contributed by atoms with Gasteiger partial charge in [-0.05, 0) is 63.7 Å². The summed E-state index contributed by atoms with van der Waals surface area (Å²) in [6.07, 6.45) is 15.4. The molecule has 0 aromatic heterocycles. The molecule has 0 aliphatic heterocycles. The number of esters is 1. The molecular formula is C21H38O3. The first-order valence-electron chi connectivity index (χ1n) is 10.5. The predicted octanol–water partition coefficient (Wildman–Crippen LogP) is 5.65. The maximum absolute atomic E-state index is 12.4. The summed E-state index contributed by atoms with van der Waals surface area (Å²) in [4.78, 5) is 12.4. The third-order valence-corrected chi connectivity index (χ3v) is 5.88. The van der Waals surface area contributed by atoms with Gasteiger partial charge in [-0.2, -0.15) is 0 Å². The molecule has 0 bridgehead atoms. The van der Waals surface area contributed by atoms with E-state index >= 15 is 0 Å². The van der Waals surface area contributed by atoms with Crippen LogP contribution in [0.5, 0.6) is 0 Å². The Hall–Kier alpha value is -0.570. The molecule has 3 heteroatoms. The van der Waals surface area contributed by atoms with Gasteiger partial charge in [-0.1, -0.05) is 39.5 Å². The molecule has 0 radical (unpaired) electrons. The van der Waals surface area contributed by atoms with Crippen LogP contribution >= 0.6 is 0 Å². The third-order valence-electron chi connectivity index (χ3n) is 5.88. The van der Waals surface area contributed by atoms with Crippen molar-refractivity contribution < 1.29 is 14.3 Å². The van der Waals surface area contributed by atoms with Gasteiger partial charge in [-0.3, -0.25) is 4.79 Å². The predicted molar refractivity (Wildman–Crippen MR) is 98.0 cm³/mol. The Bertz CT molecular complexity index is 339. The molecule has 0 saturated heterocycles. The highest BCUT2D eigenvalue weighted by molar-refractivity contribution is 5.72. The van der Waals surface area contributed by atoms with E-state index in [2.05, 4.69) is 13.8 Å². The van der Waals surface area contributed by atoms with E-state index in [9.17, 15) is 4.79 Å². The van der Waals surface area contributed by atoms with Crippen LogP contribution < -0.4 is 0 Å². The SMILES string of the molecule is CCCCCOC1CCC(OC(=O)C2CCC(CCC)CC2)CC1. The van der Waals surface area contributed by atoms with E-state index in [0.717, 1.165) is 51.0 Å². The van der Waals surface area contributed by atoms with Crippen LogP contribution in [-0.2, 0) is 14.3 Å². The molecule has 140 valence electrons. The molecule has 24 heavy (non-hydrogen) atoms. The van der Waals surface area contributed by atoms with E-state index < -0.39 is 0 Å². The molecule has 0 N–H and O–H groups in total. The fourth-order valence-electron chi connectivity index (χ4n) is 4.27. The smallest absolute Gasteiger partial charge is 0.309 e. The summed E-state index contributed by atoms with van der Waals surface area (Å²) in [6.45, 7) is 5.37. The Labute approximate surface area is 148 Å². The first-order valence-corrected chi connectivity index (χ1v) is 10.5. The highest BCUT2D eigenvalue weighted by atomic mass is 16.5. The van der Waals surface area contributed by atoms with Crippen molar-refractivity contribution in [3.8, 4) is 0 Å². The highest BCUT2D eigenvalue weighted by Crippen LogP contribution is 2.33. The van der Waals surface area contributed by atoms with Gasteiger partial charge >= 0.3 is 5.97 Å². The van der Waals surface area contributed by atoms with Crippen molar-refractivity contribution in [2.45, 2.75) is 110 Å². The molecule has 2 aliphatic rings. The van der Waals surface area contributed by atoms with Crippen molar-refractivity contribution in [1.82, 2.24) is 0 Å². The highest BCUT2D eigenvalue weighted by Gasteiger charge is 2.30. The molecule has 0 spiro atoms. The Kier molecular flexibility index (Phi) is 9.15. The first kappa shape index (κ1) is 19.8. The fraction of sp³-hybridized carbons (Fsp3) is 0.952. The summed E-state index contributed by atoms with van der Waals surface area (Å²) in [7, 11) is 0. The van der Waals surface area contributed by atoms with Crippen molar-refractivity contribution in [2.75, 3.05) is 6.61 Å². The summed E-state index contributed by atoms with van der Waals surface area (Å²) in [5.41, 5.74) is 0. The lowest BCUT2D eigenvalue weighted by Gasteiger charge is -2.31. The van der Waals surface area contributed by atoms with Crippen LogP contribution in [0.4, 0.5) is 0 Å². The Morgan fingerprint density at radius 3 is 2.12 bits per heavy atom. The molecule has 0 amide bonds. The quantitative estimate of drug-likeness (QED) is 0.402. The van der Waals surface area contributed by atoms with E-state index in [-0.39, 0.29) is 18.0 Å². The van der Waals surface area contributed by atoms with Crippen molar-refractivity contribution >= 4 is 5.97 Å². The third kappa shape index (κ3) is 6.74. The van der Waals surface area contributed by atoms with Crippen LogP contribution in [0.15, 0.2) is 0 Å². The van der Waals surface area contributed by atoms with Gasteiger partial charge in [0.15, 0.2) is 0 Å². The molecule has 0 aromatic rings. The van der Waals surface area contributed by atoms with Crippen molar-refractivity contribution in [3.63, 3.8) is 0 Å². The Morgan fingerprint density at radius 2 is 1.50 bits per heavy atom. The molecule has 2 fully saturated rings. The van der Waals surface area contributed by atoms with Crippen LogP contribution in [0.3, 0.4) is 0 Å². The maximum Gasteiger partial charge on any atom is 0.309 e. The van der Waals surface area contributed by atoms with Gasteiger partial charge in [0.1, 0.15) is 6.10 Å². The minimum absolute atomic E-state index is 0.0808. The van der Waals surface area contributed by atoms with Gasteiger partial charge in [0.05, 0.1) is 12.0 Å². The molecule has 3 nitrogen and oxygen atoms in total. The van der Waals surface area contributed by atoms with Gasteiger partial charge < -0.3 is 9.47 Å². The van der Waals surface area contributed by atoms with Gasteiger partial charge in [-0.15, -0.1) is 0 Å². The van der Waals surface area contributed by atoms with Crippen LogP contribution in [0, 0.1) is 11.8 Å². The standard InChI is InChI=1S/C21H38O3/c1-3-5-6-16-23-19-12-14-20(15-13-19)24-21(22)18-10-8-17(7-4-2)9-11-18/h17-20H,3-16H2,1-2H3. The number of carbonyl (C=O) groups is 1. The molecule has 2 rings (SSSR count). The number of unbranched alkanes of at least 4 members (excludes halogenated alkanes) is 2. The Balaban J connectivity index is 1.59. The summed E-state index contributed by atoms with van der Waals surface area (Å²) in [5.74, 6) is 1.10. The zero-order chi connectivity index (χ0) is 17.2. The van der Waals surface area contributed by atoms with Gasteiger partial charge in [-0.25, -0.2) is 0 Å². The summed E-state index contributed by atoms with van der Waals surface area (Å²) in [6, 6.07) is 0. The van der Waals surface area contributed by atoms with Crippen LogP contribution in [0.2, 0.25) is 0 Å². The van der Waals surface area contributed by atoms with E-state index in [1.807, 2.05) is 0 Å². The van der Waals surface area contributed by atoms with E-state index in [0.29, 0.717) is 6.10 Å². The molecule has 2 aliphatic carbocycles. The summed E-state index contributed by atoms with van der Waals surface area (Å²) < 4.78 is 11.8. The number of hydrogen-bond acceptors (Lipinski definition) is 3. The van der Waals surface area contributed by atoms with Crippen molar-refractivity contribution in [3.05, 3.63) is 0 Å². The largest absolute Gasteiger partial charge is 0.462 e. The topological polar surface area (TPSA) is 35.5 Å². The molecule has 2 saturated carbocycles. The number of ether oxygens (including phenoxy) is 2. The summed E-state index contributed by atoms with van der Waals surface area (Å²) >= 11 is 0. The molecule has 0 heterocycles. The second-order valence-electron chi connectivity index (χ2n) is 7.92. The molecule has 0 unspecified atom stereocenters. The normalized spacial score (nSPS) is 30.9. The van der Waals surface area contributed by atoms with Crippen LogP contribution in [-0.4, -0.2) is 24.8 Å². The second kappa shape index (κ2) is 11.1. The van der Waals surface area contributed by atoms with Crippen molar-refractivity contribution in [2.24, 2.45) is 11.8 Å². The lowest BCUT2D eigenvalue weighted by atomic mass is 9.80. The maximum atomic E-state index is 12.4.